The molecule has 0 spiro atoms. The molecule has 1 amide bonds. The number of likely N-dealkylation sites (N-methyl/N-ethyl adjacent to an activating group) is 1. The molecule has 0 rings (SSSR count). The van der Waals surface area contributed by atoms with Crippen LogP contribution in [0.2, 0.25) is 0 Å². The fraction of sp³-hybridized carbons (Fsp3) is 0.778. The number of hydroxylamine groups is 1. The van der Waals surface area contributed by atoms with Crippen molar-refractivity contribution >= 4 is 37.1 Å². The van der Waals surface area contributed by atoms with E-state index in [1.165, 1.54) is 7.05 Å². The van der Waals surface area contributed by atoms with E-state index in [0.29, 0.717) is 24.5 Å². The number of thiol groups is 2. The lowest BCUT2D eigenvalue weighted by atomic mass is 10.2. The van der Waals surface area contributed by atoms with Gasteiger partial charge in [0.15, 0.2) is 0 Å². The van der Waals surface area contributed by atoms with Crippen molar-refractivity contribution in [2.75, 3.05) is 31.6 Å². The molecule has 0 aromatic heterocycles. The largest absolute Gasteiger partial charge is 0.369 e. The summed E-state index contributed by atoms with van der Waals surface area (Å²) in [6.07, 6.45) is 0.472. The standard InChI is InChI=1S/C9H19N3O3S2/c1-10-9(14)7(2-4-16)12-15-8(13)6-11-3-5-17/h7,11-12,16-17H,2-6H2,1H3,(H,10,14). The average molecular weight is 281 g/mol. The Morgan fingerprint density at radius 2 is 2.00 bits per heavy atom. The summed E-state index contributed by atoms with van der Waals surface area (Å²) in [4.78, 5) is 27.3. The highest BCUT2D eigenvalue weighted by molar-refractivity contribution is 7.80. The van der Waals surface area contributed by atoms with Gasteiger partial charge in [0.25, 0.3) is 0 Å². The Kier molecular flexibility index (Phi) is 10.4. The summed E-state index contributed by atoms with van der Waals surface area (Å²) in [6.45, 7) is 0.697. The maximum atomic E-state index is 11.4. The zero-order valence-corrected chi connectivity index (χ0v) is 11.5. The lowest BCUT2D eigenvalue weighted by Crippen LogP contribution is -2.45. The third-order valence-corrected chi connectivity index (χ3v) is 2.34. The van der Waals surface area contributed by atoms with Crippen LogP contribution in [0.15, 0.2) is 0 Å². The van der Waals surface area contributed by atoms with Gasteiger partial charge < -0.3 is 15.5 Å². The van der Waals surface area contributed by atoms with Gasteiger partial charge in [0.2, 0.25) is 5.91 Å². The van der Waals surface area contributed by atoms with Gasteiger partial charge in [-0.1, -0.05) is 0 Å². The predicted octanol–water partition coefficient (Wildman–Crippen LogP) is -1.01. The van der Waals surface area contributed by atoms with Crippen LogP contribution < -0.4 is 16.1 Å². The summed E-state index contributed by atoms with van der Waals surface area (Å²) in [6, 6.07) is -0.577. The number of amides is 1. The maximum absolute atomic E-state index is 11.4. The minimum Gasteiger partial charge on any atom is -0.369 e. The van der Waals surface area contributed by atoms with E-state index in [0.717, 1.165) is 0 Å². The quantitative estimate of drug-likeness (QED) is 0.213. The first-order valence-corrected chi connectivity index (χ1v) is 6.51. The molecule has 0 aliphatic heterocycles. The van der Waals surface area contributed by atoms with Crippen LogP contribution in [0.1, 0.15) is 6.42 Å². The molecule has 6 nitrogen and oxygen atoms in total. The molecule has 0 saturated carbocycles. The highest BCUT2D eigenvalue weighted by atomic mass is 32.1. The molecule has 17 heavy (non-hydrogen) atoms. The van der Waals surface area contributed by atoms with Gasteiger partial charge >= 0.3 is 5.97 Å². The minimum absolute atomic E-state index is 0.0783. The molecule has 8 heteroatoms. The van der Waals surface area contributed by atoms with Gasteiger partial charge in [0, 0.05) is 19.3 Å². The molecule has 0 aromatic rings. The average Bonchev–Trinajstić information content (AvgIpc) is 2.33. The first-order valence-electron chi connectivity index (χ1n) is 5.25. The molecule has 0 saturated heterocycles. The third-order valence-electron chi connectivity index (χ3n) is 1.85. The predicted molar refractivity (Wildman–Crippen MR) is 72.3 cm³/mol. The molecule has 0 heterocycles. The van der Waals surface area contributed by atoms with Crippen molar-refractivity contribution in [3.63, 3.8) is 0 Å². The van der Waals surface area contributed by atoms with Crippen LogP contribution in [0.3, 0.4) is 0 Å². The number of rotatable bonds is 9. The molecule has 0 radical (unpaired) electrons. The molecule has 1 atom stereocenters. The van der Waals surface area contributed by atoms with Crippen LogP contribution in [-0.4, -0.2) is 49.6 Å². The molecular formula is C9H19N3O3S2. The molecule has 0 bridgehead atoms. The Bertz CT molecular complexity index is 242. The van der Waals surface area contributed by atoms with E-state index >= 15 is 0 Å². The first-order chi connectivity index (χ1) is 8.15. The summed E-state index contributed by atoms with van der Waals surface area (Å²) < 4.78 is 0. The summed E-state index contributed by atoms with van der Waals surface area (Å²) in [5.74, 6) is 0.442. The first kappa shape index (κ1) is 16.6. The molecular weight excluding hydrogens is 262 g/mol. The molecule has 100 valence electrons. The van der Waals surface area contributed by atoms with E-state index in [1.54, 1.807) is 0 Å². The summed E-state index contributed by atoms with van der Waals surface area (Å²) in [5, 5.41) is 5.30. The summed E-state index contributed by atoms with van der Waals surface area (Å²) >= 11 is 8.01. The van der Waals surface area contributed by atoms with Crippen molar-refractivity contribution in [2.45, 2.75) is 12.5 Å². The Balaban J connectivity index is 3.86. The Labute approximate surface area is 112 Å². The number of carbonyl (C=O) groups is 2. The van der Waals surface area contributed by atoms with Gasteiger partial charge in [0.1, 0.15) is 6.04 Å². The van der Waals surface area contributed by atoms with E-state index in [-0.39, 0.29) is 12.5 Å². The van der Waals surface area contributed by atoms with Crippen LogP contribution in [0.25, 0.3) is 0 Å². The van der Waals surface area contributed by atoms with Gasteiger partial charge in [0.05, 0.1) is 6.54 Å². The van der Waals surface area contributed by atoms with Crippen molar-refractivity contribution in [3.8, 4) is 0 Å². The number of hydrogen-bond acceptors (Lipinski definition) is 7. The second-order valence-electron chi connectivity index (χ2n) is 3.17. The lowest BCUT2D eigenvalue weighted by Gasteiger charge is -2.15. The molecule has 1 unspecified atom stereocenters. The number of carbonyl (C=O) groups excluding carboxylic acids is 2. The van der Waals surface area contributed by atoms with Crippen LogP contribution in [0.4, 0.5) is 0 Å². The second-order valence-corrected chi connectivity index (χ2v) is 4.07. The van der Waals surface area contributed by atoms with Crippen molar-refractivity contribution in [3.05, 3.63) is 0 Å². The van der Waals surface area contributed by atoms with Crippen LogP contribution in [-0.2, 0) is 14.4 Å². The van der Waals surface area contributed by atoms with Gasteiger partial charge in [-0.05, 0) is 12.2 Å². The fourth-order valence-corrected chi connectivity index (χ4v) is 1.41. The Morgan fingerprint density at radius 1 is 1.29 bits per heavy atom. The van der Waals surface area contributed by atoms with E-state index in [9.17, 15) is 9.59 Å². The second kappa shape index (κ2) is 10.7. The van der Waals surface area contributed by atoms with Gasteiger partial charge in [-0.15, -0.1) is 5.48 Å². The van der Waals surface area contributed by atoms with Crippen LogP contribution >= 0.6 is 25.3 Å². The SMILES string of the molecule is CNC(=O)C(CCS)NOC(=O)CNCCS. The molecule has 0 fully saturated rings. The topological polar surface area (TPSA) is 79.5 Å². The molecule has 3 N–H and O–H groups in total. The highest BCUT2D eigenvalue weighted by Crippen LogP contribution is 1.94. The smallest absolute Gasteiger partial charge is 0.338 e. The Morgan fingerprint density at radius 3 is 2.53 bits per heavy atom. The van der Waals surface area contributed by atoms with Crippen molar-refractivity contribution < 1.29 is 14.4 Å². The zero-order valence-electron chi connectivity index (χ0n) is 9.73. The lowest BCUT2D eigenvalue weighted by molar-refractivity contribution is -0.153. The van der Waals surface area contributed by atoms with Crippen molar-refractivity contribution in [2.24, 2.45) is 0 Å². The van der Waals surface area contributed by atoms with Crippen molar-refractivity contribution in [1.82, 2.24) is 16.1 Å². The van der Waals surface area contributed by atoms with E-state index in [2.05, 4.69) is 41.4 Å². The van der Waals surface area contributed by atoms with E-state index in [1.807, 2.05) is 0 Å². The van der Waals surface area contributed by atoms with Crippen molar-refractivity contribution in [1.29, 1.82) is 0 Å². The van der Waals surface area contributed by atoms with Crippen LogP contribution in [0, 0.1) is 0 Å². The zero-order chi connectivity index (χ0) is 13.1. The molecule has 0 aliphatic carbocycles. The summed E-state index contributed by atoms with van der Waals surface area (Å²) in [7, 11) is 1.52. The van der Waals surface area contributed by atoms with Gasteiger partial charge in [-0.2, -0.15) is 25.3 Å². The van der Waals surface area contributed by atoms with Crippen LogP contribution in [0.5, 0.6) is 0 Å². The third kappa shape index (κ3) is 8.31. The Hall–Kier alpha value is -0.440. The molecule has 0 aromatic carbocycles. The highest BCUT2D eigenvalue weighted by Gasteiger charge is 2.17. The summed E-state index contributed by atoms with van der Waals surface area (Å²) in [5.41, 5.74) is 2.43. The van der Waals surface area contributed by atoms with Gasteiger partial charge in [-0.3, -0.25) is 4.79 Å². The van der Waals surface area contributed by atoms with E-state index < -0.39 is 12.0 Å². The van der Waals surface area contributed by atoms with Gasteiger partial charge in [-0.25, -0.2) is 4.79 Å². The monoisotopic (exact) mass is 281 g/mol. The minimum atomic E-state index is -0.577. The maximum Gasteiger partial charge on any atom is 0.338 e. The normalized spacial score (nSPS) is 11.9. The number of hydrogen-bond donors (Lipinski definition) is 5. The fourth-order valence-electron chi connectivity index (χ4n) is 0.989. The van der Waals surface area contributed by atoms with E-state index in [4.69, 9.17) is 4.84 Å². The number of nitrogens with one attached hydrogen (secondary N) is 3. The molecule has 0 aliphatic rings.